The quantitative estimate of drug-likeness (QED) is 0.349. The number of carbonyl (C=O) groups excluding carboxylic acids is 1. The first kappa shape index (κ1) is 22.6. The van der Waals surface area contributed by atoms with Crippen LogP contribution in [0.3, 0.4) is 0 Å². The Bertz CT molecular complexity index is 1010. The maximum Gasteiger partial charge on any atom is 0.234 e. The van der Waals surface area contributed by atoms with E-state index in [-0.39, 0.29) is 17.8 Å². The Morgan fingerprint density at radius 1 is 1.19 bits per heavy atom. The molecule has 31 heavy (non-hydrogen) atoms. The van der Waals surface area contributed by atoms with Crippen LogP contribution in [-0.4, -0.2) is 26.4 Å². The summed E-state index contributed by atoms with van der Waals surface area (Å²) in [6, 6.07) is 15.8. The van der Waals surface area contributed by atoms with E-state index < -0.39 is 0 Å². The zero-order valence-corrected chi connectivity index (χ0v) is 19.0. The minimum absolute atomic E-state index is 0.0899. The van der Waals surface area contributed by atoms with E-state index >= 15 is 0 Å². The third-order valence-electron chi connectivity index (χ3n) is 4.73. The van der Waals surface area contributed by atoms with Crippen molar-refractivity contribution in [2.24, 2.45) is 0 Å². The molecule has 0 aliphatic rings. The molecule has 0 saturated carbocycles. The lowest BCUT2D eigenvalue weighted by Crippen LogP contribution is -2.15. The maximum absolute atomic E-state index is 12.4. The second-order valence-electron chi connectivity index (χ2n) is 7.20. The van der Waals surface area contributed by atoms with E-state index in [0.29, 0.717) is 17.5 Å². The van der Waals surface area contributed by atoms with Gasteiger partial charge in [-0.2, -0.15) is 0 Å². The summed E-state index contributed by atoms with van der Waals surface area (Å²) < 4.78 is 7.96. The average Bonchev–Trinajstić information content (AvgIpc) is 3.17. The first-order valence-electron chi connectivity index (χ1n) is 10.3. The van der Waals surface area contributed by atoms with E-state index in [1.165, 1.54) is 22.9 Å². The number of aromatic nitrogens is 3. The van der Waals surface area contributed by atoms with Crippen LogP contribution in [0.4, 0.5) is 5.69 Å². The van der Waals surface area contributed by atoms with Crippen LogP contribution in [0.5, 0.6) is 5.75 Å². The predicted octanol–water partition coefficient (Wildman–Crippen LogP) is 5.21. The number of ether oxygens (including phenoxy) is 1. The molecule has 7 heteroatoms. The van der Waals surface area contributed by atoms with E-state index in [1.54, 1.807) is 6.08 Å². The predicted molar refractivity (Wildman–Crippen MR) is 126 cm³/mol. The number of rotatable bonds is 10. The molecule has 1 aromatic heterocycles. The normalized spacial score (nSPS) is 11.7. The van der Waals surface area contributed by atoms with Crippen molar-refractivity contribution >= 4 is 23.4 Å². The van der Waals surface area contributed by atoms with Gasteiger partial charge in [-0.05, 0) is 50.1 Å². The van der Waals surface area contributed by atoms with Crippen LogP contribution < -0.4 is 10.1 Å². The number of anilines is 1. The molecule has 0 fully saturated rings. The van der Waals surface area contributed by atoms with Crippen molar-refractivity contribution in [1.29, 1.82) is 0 Å². The topological polar surface area (TPSA) is 69.0 Å². The van der Waals surface area contributed by atoms with E-state index in [1.807, 2.05) is 66.9 Å². The van der Waals surface area contributed by atoms with E-state index in [9.17, 15) is 4.79 Å². The standard InChI is InChI=1S/C24H28N4O2S/c1-5-15-28-23(18(4)30-21-13-7-17(3)8-14-21)26-27-24(28)31-16-22(29)25-20-11-9-19(6-2)10-12-20/h5,7-14,18H,1,6,15-16H2,2-4H3,(H,25,29). The number of amides is 1. The zero-order valence-electron chi connectivity index (χ0n) is 18.2. The highest BCUT2D eigenvalue weighted by atomic mass is 32.2. The molecule has 1 amide bonds. The Kier molecular flexibility index (Phi) is 7.89. The number of hydrogen-bond acceptors (Lipinski definition) is 5. The van der Waals surface area contributed by atoms with Gasteiger partial charge in [-0.3, -0.25) is 9.36 Å². The summed E-state index contributed by atoms with van der Waals surface area (Å²) in [5.74, 6) is 1.61. The van der Waals surface area contributed by atoms with Crippen LogP contribution >= 0.6 is 11.8 Å². The molecular formula is C24H28N4O2S. The fraction of sp³-hybridized carbons (Fsp3) is 0.292. The molecule has 0 aliphatic carbocycles. The molecule has 0 aliphatic heterocycles. The van der Waals surface area contributed by atoms with Crippen molar-refractivity contribution in [2.75, 3.05) is 11.1 Å². The first-order chi connectivity index (χ1) is 15.0. The summed E-state index contributed by atoms with van der Waals surface area (Å²) in [5, 5.41) is 12.2. The highest BCUT2D eigenvalue weighted by molar-refractivity contribution is 7.99. The Morgan fingerprint density at radius 2 is 1.90 bits per heavy atom. The van der Waals surface area contributed by atoms with Gasteiger partial charge in [0.25, 0.3) is 0 Å². The van der Waals surface area contributed by atoms with Crippen molar-refractivity contribution in [3.63, 3.8) is 0 Å². The van der Waals surface area contributed by atoms with E-state index in [0.717, 1.165) is 17.9 Å². The summed E-state index contributed by atoms with van der Waals surface area (Å²) in [5.41, 5.74) is 3.20. The van der Waals surface area contributed by atoms with Gasteiger partial charge in [0.1, 0.15) is 5.75 Å². The van der Waals surface area contributed by atoms with Gasteiger partial charge in [0.15, 0.2) is 17.1 Å². The van der Waals surface area contributed by atoms with Gasteiger partial charge in [-0.25, -0.2) is 0 Å². The lowest BCUT2D eigenvalue weighted by molar-refractivity contribution is -0.113. The third-order valence-corrected chi connectivity index (χ3v) is 5.70. The summed E-state index contributed by atoms with van der Waals surface area (Å²) in [6.07, 6.45) is 2.46. The first-order valence-corrected chi connectivity index (χ1v) is 11.3. The smallest absolute Gasteiger partial charge is 0.234 e. The molecule has 0 spiro atoms. The van der Waals surface area contributed by atoms with E-state index in [4.69, 9.17) is 4.74 Å². The maximum atomic E-state index is 12.4. The fourth-order valence-corrected chi connectivity index (χ4v) is 3.79. The number of thioether (sulfide) groups is 1. The number of allylic oxidation sites excluding steroid dienone is 1. The molecule has 0 saturated heterocycles. The van der Waals surface area contributed by atoms with Crippen LogP contribution in [0.25, 0.3) is 0 Å². The van der Waals surface area contributed by atoms with Crippen LogP contribution in [0.2, 0.25) is 0 Å². The molecule has 1 N–H and O–H groups in total. The second-order valence-corrected chi connectivity index (χ2v) is 8.14. The molecule has 1 unspecified atom stereocenters. The Labute approximate surface area is 187 Å². The largest absolute Gasteiger partial charge is 0.483 e. The average molecular weight is 437 g/mol. The molecule has 0 bridgehead atoms. The van der Waals surface area contributed by atoms with Crippen LogP contribution in [0, 0.1) is 6.92 Å². The summed E-state index contributed by atoms with van der Waals surface area (Å²) in [6.45, 7) is 10.4. The molecule has 162 valence electrons. The highest BCUT2D eigenvalue weighted by Crippen LogP contribution is 2.25. The van der Waals surface area contributed by atoms with E-state index in [2.05, 4.69) is 29.0 Å². The number of carbonyl (C=O) groups is 1. The monoisotopic (exact) mass is 436 g/mol. The van der Waals surface area contributed by atoms with Gasteiger partial charge in [-0.15, -0.1) is 16.8 Å². The van der Waals surface area contributed by atoms with Crippen LogP contribution in [0.15, 0.2) is 66.3 Å². The SMILES string of the molecule is C=CCn1c(SCC(=O)Nc2ccc(CC)cc2)nnc1C(C)Oc1ccc(C)cc1. The zero-order chi connectivity index (χ0) is 22.2. The van der Waals surface area contributed by atoms with Gasteiger partial charge in [0, 0.05) is 12.2 Å². The van der Waals surface area contributed by atoms with Crippen molar-refractivity contribution < 1.29 is 9.53 Å². The number of hydrogen-bond donors (Lipinski definition) is 1. The molecule has 1 atom stereocenters. The molecule has 3 rings (SSSR count). The molecule has 3 aromatic rings. The van der Waals surface area contributed by atoms with Crippen molar-refractivity contribution in [3.8, 4) is 5.75 Å². The molecule has 6 nitrogen and oxygen atoms in total. The molecular weight excluding hydrogens is 408 g/mol. The summed E-state index contributed by atoms with van der Waals surface area (Å²) in [7, 11) is 0. The lowest BCUT2D eigenvalue weighted by Gasteiger charge is -2.16. The number of benzene rings is 2. The molecule has 2 aromatic carbocycles. The third kappa shape index (κ3) is 6.21. The van der Waals surface area contributed by atoms with Crippen molar-refractivity contribution in [3.05, 3.63) is 78.1 Å². The minimum atomic E-state index is -0.296. The molecule has 0 radical (unpaired) electrons. The van der Waals surface area contributed by atoms with Gasteiger partial charge >= 0.3 is 0 Å². The van der Waals surface area contributed by atoms with Gasteiger partial charge in [0.2, 0.25) is 5.91 Å². The van der Waals surface area contributed by atoms with Gasteiger partial charge in [0.05, 0.1) is 5.75 Å². The summed E-state index contributed by atoms with van der Waals surface area (Å²) in [4.78, 5) is 12.4. The number of nitrogens with zero attached hydrogens (tertiary/aromatic N) is 3. The second kappa shape index (κ2) is 10.8. The highest BCUT2D eigenvalue weighted by Gasteiger charge is 2.19. The van der Waals surface area contributed by atoms with Crippen molar-refractivity contribution in [2.45, 2.75) is 45.0 Å². The van der Waals surface area contributed by atoms with Gasteiger partial charge < -0.3 is 10.1 Å². The molecule has 1 heterocycles. The van der Waals surface area contributed by atoms with Crippen molar-refractivity contribution in [1.82, 2.24) is 14.8 Å². The van der Waals surface area contributed by atoms with Crippen LogP contribution in [-0.2, 0) is 17.8 Å². The van der Waals surface area contributed by atoms with Gasteiger partial charge in [-0.1, -0.05) is 54.6 Å². The number of aryl methyl sites for hydroxylation is 2. The Morgan fingerprint density at radius 3 is 2.55 bits per heavy atom. The Balaban J connectivity index is 1.64. The summed E-state index contributed by atoms with van der Waals surface area (Å²) >= 11 is 1.34. The van der Waals surface area contributed by atoms with Crippen LogP contribution in [0.1, 0.15) is 36.9 Å². The Hall–Kier alpha value is -3.06. The fourth-order valence-electron chi connectivity index (χ4n) is 3.03. The lowest BCUT2D eigenvalue weighted by atomic mass is 10.1. The minimum Gasteiger partial charge on any atom is -0.483 e. The number of nitrogens with one attached hydrogen (secondary N) is 1.